The fourth-order valence-corrected chi connectivity index (χ4v) is 2.20. The second-order valence-corrected chi connectivity index (χ2v) is 4.32. The van der Waals surface area contributed by atoms with E-state index in [4.69, 9.17) is 4.74 Å². The highest BCUT2D eigenvalue weighted by Crippen LogP contribution is 2.23. The van der Waals surface area contributed by atoms with E-state index in [0.29, 0.717) is 6.10 Å². The number of methoxy groups -OCH3 is 1. The summed E-state index contributed by atoms with van der Waals surface area (Å²) in [7, 11) is 1.83. The van der Waals surface area contributed by atoms with E-state index in [2.05, 4.69) is 19.1 Å². The van der Waals surface area contributed by atoms with Crippen LogP contribution < -0.4 is 0 Å². The first-order valence-electron chi connectivity index (χ1n) is 6.06. The molecule has 0 aromatic heterocycles. The van der Waals surface area contributed by atoms with E-state index < -0.39 is 0 Å². The van der Waals surface area contributed by atoms with E-state index in [1.165, 1.54) is 38.5 Å². The molecule has 1 aliphatic rings. The molecule has 0 heterocycles. The van der Waals surface area contributed by atoms with Crippen LogP contribution in [0.25, 0.3) is 0 Å². The van der Waals surface area contributed by atoms with Gasteiger partial charge in [-0.05, 0) is 38.0 Å². The average molecular weight is 196 g/mol. The van der Waals surface area contributed by atoms with Crippen molar-refractivity contribution in [2.24, 2.45) is 5.92 Å². The summed E-state index contributed by atoms with van der Waals surface area (Å²) in [6.07, 6.45) is 14.4. The average Bonchev–Trinajstić information content (AvgIpc) is 2.71. The summed E-state index contributed by atoms with van der Waals surface area (Å²) in [6, 6.07) is 0. The Morgan fingerprint density at radius 3 is 2.86 bits per heavy atom. The normalized spacial score (nSPS) is 22.9. The number of ether oxygens (including phenoxy) is 1. The fourth-order valence-electron chi connectivity index (χ4n) is 2.20. The molecular formula is C13H24O. The van der Waals surface area contributed by atoms with Crippen molar-refractivity contribution in [3.63, 3.8) is 0 Å². The molecule has 1 aliphatic carbocycles. The number of unbranched alkanes of at least 4 members (excludes halogenated alkanes) is 1. The van der Waals surface area contributed by atoms with Crippen LogP contribution in [-0.4, -0.2) is 13.2 Å². The highest BCUT2D eigenvalue weighted by molar-refractivity contribution is 4.95. The Labute approximate surface area is 88.5 Å². The highest BCUT2D eigenvalue weighted by atomic mass is 16.5. The number of allylic oxidation sites excluding steroid dienone is 2. The van der Waals surface area contributed by atoms with Gasteiger partial charge in [0.15, 0.2) is 0 Å². The third-order valence-electron chi connectivity index (χ3n) is 3.25. The molecule has 0 aliphatic heterocycles. The van der Waals surface area contributed by atoms with Gasteiger partial charge in [-0.2, -0.15) is 0 Å². The summed E-state index contributed by atoms with van der Waals surface area (Å²) in [5.41, 5.74) is 0. The first kappa shape index (κ1) is 11.8. The van der Waals surface area contributed by atoms with Gasteiger partial charge in [0.25, 0.3) is 0 Å². The third-order valence-corrected chi connectivity index (χ3v) is 3.25. The summed E-state index contributed by atoms with van der Waals surface area (Å²) in [6.45, 7) is 2.20. The number of hydrogen-bond acceptors (Lipinski definition) is 1. The summed E-state index contributed by atoms with van der Waals surface area (Å²) in [4.78, 5) is 0. The van der Waals surface area contributed by atoms with Gasteiger partial charge in [-0.1, -0.05) is 31.9 Å². The largest absolute Gasteiger partial charge is 0.381 e. The van der Waals surface area contributed by atoms with Crippen LogP contribution in [0, 0.1) is 5.92 Å². The van der Waals surface area contributed by atoms with Crippen molar-refractivity contribution < 1.29 is 4.74 Å². The van der Waals surface area contributed by atoms with Crippen molar-refractivity contribution in [1.82, 2.24) is 0 Å². The van der Waals surface area contributed by atoms with E-state index in [0.717, 1.165) is 12.3 Å². The Balaban J connectivity index is 1.95. The van der Waals surface area contributed by atoms with Gasteiger partial charge in [-0.15, -0.1) is 0 Å². The molecule has 2 unspecified atom stereocenters. The maximum absolute atomic E-state index is 5.36. The molecule has 0 fully saturated rings. The van der Waals surface area contributed by atoms with Crippen LogP contribution in [0.15, 0.2) is 12.2 Å². The van der Waals surface area contributed by atoms with Crippen LogP contribution in [0.4, 0.5) is 0 Å². The lowest BCUT2D eigenvalue weighted by Gasteiger charge is -2.13. The minimum Gasteiger partial charge on any atom is -0.381 e. The van der Waals surface area contributed by atoms with Gasteiger partial charge in [0.05, 0.1) is 6.10 Å². The van der Waals surface area contributed by atoms with Crippen LogP contribution in [-0.2, 0) is 4.74 Å². The SMILES string of the molecule is CCC(CCCCC1C=CCC1)OC. The van der Waals surface area contributed by atoms with Crippen molar-refractivity contribution in [3.8, 4) is 0 Å². The lowest BCUT2D eigenvalue weighted by molar-refractivity contribution is 0.0895. The van der Waals surface area contributed by atoms with Gasteiger partial charge < -0.3 is 4.74 Å². The maximum atomic E-state index is 5.36. The zero-order valence-corrected chi connectivity index (χ0v) is 9.67. The van der Waals surface area contributed by atoms with Crippen LogP contribution in [0.1, 0.15) is 51.9 Å². The minimum atomic E-state index is 0.495. The molecule has 14 heavy (non-hydrogen) atoms. The Morgan fingerprint density at radius 2 is 2.29 bits per heavy atom. The van der Waals surface area contributed by atoms with Gasteiger partial charge in [0.2, 0.25) is 0 Å². The predicted molar refractivity (Wildman–Crippen MR) is 61.4 cm³/mol. The molecule has 1 heteroatoms. The van der Waals surface area contributed by atoms with Crippen molar-refractivity contribution in [1.29, 1.82) is 0 Å². The zero-order chi connectivity index (χ0) is 10.2. The molecule has 0 N–H and O–H groups in total. The zero-order valence-electron chi connectivity index (χ0n) is 9.67. The predicted octanol–water partition coefficient (Wildman–Crippen LogP) is 3.94. The van der Waals surface area contributed by atoms with Gasteiger partial charge in [-0.3, -0.25) is 0 Å². The first-order valence-corrected chi connectivity index (χ1v) is 6.06. The summed E-state index contributed by atoms with van der Waals surface area (Å²) >= 11 is 0. The maximum Gasteiger partial charge on any atom is 0.0568 e. The van der Waals surface area contributed by atoms with Crippen molar-refractivity contribution in [2.75, 3.05) is 7.11 Å². The quantitative estimate of drug-likeness (QED) is 0.442. The van der Waals surface area contributed by atoms with Crippen LogP contribution in [0.5, 0.6) is 0 Å². The second kappa shape index (κ2) is 7.05. The first-order chi connectivity index (χ1) is 6.86. The molecule has 0 saturated heterocycles. The van der Waals surface area contributed by atoms with E-state index >= 15 is 0 Å². The molecule has 0 bridgehead atoms. The highest BCUT2D eigenvalue weighted by Gasteiger charge is 2.09. The molecule has 0 radical (unpaired) electrons. The summed E-state index contributed by atoms with van der Waals surface area (Å²) in [5, 5.41) is 0. The molecule has 0 aromatic rings. The molecule has 0 saturated carbocycles. The van der Waals surface area contributed by atoms with Gasteiger partial charge in [-0.25, -0.2) is 0 Å². The molecular weight excluding hydrogens is 172 g/mol. The Kier molecular flexibility index (Phi) is 5.93. The van der Waals surface area contributed by atoms with E-state index in [1.807, 2.05) is 7.11 Å². The number of hydrogen-bond donors (Lipinski definition) is 0. The standard InChI is InChI=1S/C13H24O/c1-3-13(14-2)11-7-6-10-12-8-4-5-9-12/h4,8,12-13H,3,5-7,9-11H2,1-2H3. The lowest BCUT2D eigenvalue weighted by atomic mass is 9.99. The number of rotatable bonds is 7. The van der Waals surface area contributed by atoms with Crippen molar-refractivity contribution in [3.05, 3.63) is 12.2 Å². The lowest BCUT2D eigenvalue weighted by Crippen LogP contribution is -2.08. The Bertz CT molecular complexity index is 159. The monoisotopic (exact) mass is 196 g/mol. The minimum absolute atomic E-state index is 0.495. The molecule has 1 rings (SSSR count). The summed E-state index contributed by atoms with van der Waals surface area (Å²) < 4.78 is 5.36. The van der Waals surface area contributed by atoms with E-state index in [-0.39, 0.29) is 0 Å². The summed E-state index contributed by atoms with van der Waals surface area (Å²) in [5.74, 6) is 0.887. The van der Waals surface area contributed by atoms with Crippen molar-refractivity contribution >= 4 is 0 Å². The molecule has 0 aromatic carbocycles. The Hall–Kier alpha value is -0.300. The molecule has 0 spiro atoms. The molecule has 2 atom stereocenters. The van der Waals surface area contributed by atoms with E-state index in [9.17, 15) is 0 Å². The fraction of sp³-hybridized carbons (Fsp3) is 0.846. The van der Waals surface area contributed by atoms with Gasteiger partial charge in [0.1, 0.15) is 0 Å². The molecule has 1 nitrogen and oxygen atoms in total. The smallest absolute Gasteiger partial charge is 0.0568 e. The van der Waals surface area contributed by atoms with Crippen molar-refractivity contribution in [2.45, 2.75) is 58.0 Å². The molecule has 0 amide bonds. The van der Waals surface area contributed by atoms with Gasteiger partial charge >= 0.3 is 0 Å². The third kappa shape index (κ3) is 4.28. The van der Waals surface area contributed by atoms with Crippen LogP contribution >= 0.6 is 0 Å². The topological polar surface area (TPSA) is 9.23 Å². The molecule has 82 valence electrons. The van der Waals surface area contributed by atoms with Crippen LogP contribution in [0.3, 0.4) is 0 Å². The van der Waals surface area contributed by atoms with E-state index in [1.54, 1.807) is 0 Å². The second-order valence-electron chi connectivity index (χ2n) is 4.32. The Morgan fingerprint density at radius 1 is 1.43 bits per heavy atom. The van der Waals surface area contributed by atoms with Crippen LogP contribution in [0.2, 0.25) is 0 Å². The van der Waals surface area contributed by atoms with Gasteiger partial charge in [0, 0.05) is 7.11 Å².